The number of benzene rings is 2. The van der Waals surface area contributed by atoms with Gasteiger partial charge >= 0.3 is 30.5 Å². The number of aromatic nitrogens is 1. The first kappa shape index (κ1) is 41.5. The van der Waals surface area contributed by atoms with Crippen LogP contribution in [0, 0.1) is 11.2 Å². The number of amidine groups is 1. The van der Waals surface area contributed by atoms with Crippen molar-refractivity contribution in [3.63, 3.8) is 0 Å². The van der Waals surface area contributed by atoms with Crippen LogP contribution in [0.3, 0.4) is 0 Å². The number of piperidine rings is 1. The number of aliphatic carboxylic acids is 2. The lowest BCUT2D eigenvalue weighted by Gasteiger charge is -2.30. The fourth-order valence-electron chi connectivity index (χ4n) is 4.27. The van der Waals surface area contributed by atoms with Crippen LogP contribution in [0.4, 0.5) is 43.9 Å². The van der Waals surface area contributed by atoms with Gasteiger partial charge < -0.3 is 30.0 Å². The summed E-state index contributed by atoms with van der Waals surface area (Å²) < 4.78 is 125. The third kappa shape index (κ3) is 14.4. The molecule has 0 radical (unpaired) electrons. The molecule has 0 aliphatic carbocycles. The van der Waals surface area contributed by atoms with E-state index in [1.54, 1.807) is 0 Å². The summed E-state index contributed by atoms with van der Waals surface area (Å²) >= 11 is 0. The second kappa shape index (κ2) is 17.8. The molecule has 0 amide bonds. The van der Waals surface area contributed by atoms with Crippen molar-refractivity contribution in [1.82, 2.24) is 9.88 Å². The number of oxazole rings is 1. The van der Waals surface area contributed by atoms with Crippen LogP contribution < -0.4 is 5.73 Å². The molecule has 1 aromatic heterocycles. The van der Waals surface area contributed by atoms with Gasteiger partial charge in [-0.15, -0.1) is 0 Å². The molecule has 20 heteroatoms. The van der Waals surface area contributed by atoms with Gasteiger partial charge in [-0.05, 0) is 62.2 Å². The van der Waals surface area contributed by atoms with E-state index in [2.05, 4.69) is 9.88 Å². The smallest absolute Gasteiger partial charge is 0.475 e. The lowest BCUT2D eigenvalue weighted by atomic mass is 9.96. The summed E-state index contributed by atoms with van der Waals surface area (Å²) in [6, 6.07) is 13.2. The summed E-state index contributed by atoms with van der Waals surface area (Å²) in [4.78, 5) is 24.6. The van der Waals surface area contributed by atoms with Crippen molar-refractivity contribution in [2.45, 2.75) is 50.3 Å². The molecule has 0 unspecified atom stereocenters. The van der Waals surface area contributed by atoms with Crippen molar-refractivity contribution in [2.75, 3.05) is 26.2 Å². The molecule has 10 nitrogen and oxygen atoms in total. The first-order valence-electron chi connectivity index (χ1n) is 14.2. The number of carbonyl (C=O) groups is 2. The van der Waals surface area contributed by atoms with Crippen LogP contribution in [0.1, 0.15) is 41.5 Å². The van der Waals surface area contributed by atoms with Crippen molar-refractivity contribution in [3.8, 4) is 11.3 Å². The van der Waals surface area contributed by atoms with Crippen LogP contribution in [0.25, 0.3) is 11.3 Å². The molecule has 3 aromatic rings. The Morgan fingerprint density at radius 3 is 1.84 bits per heavy atom. The van der Waals surface area contributed by atoms with E-state index in [0.717, 1.165) is 38.9 Å². The second-order valence-corrected chi connectivity index (χ2v) is 10.5. The average Bonchev–Trinajstić information content (AvgIpc) is 3.44. The number of nitrogens with zero attached hydrogens (tertiary/aromatic N) is 2. The van der Waals surface area contributed by atoms with E-state index in [-0.39, 0.29) is 24.1 Å². The van der Waals surface area contributed by atoms with Gasteiger partial charge in [0.25, 0.3) is 0 Å². The lowest BCUT2D eigenvalue weighted by molar-refractivity contribution is -0.193. The summed E-state index contributed by atoms with van der Waals surface area (Å²) in [7, 11) is 0. The minimum absolute atomic E-state index is 0.0339. The van der Waals surface area contributed by atoms with Gasteiger partial charge in [0, 0.05) is 23.6 Å². The van der Waals surface area contributed by atoms with Crippen LogP contribution in [0.2, 0.25) is 0 Å². The fourth-order valence-corrected chi connectivity index (χ4v) is 4.27. The number of nitrogens with one attached hydrogen (secondary N) is 1. The molecule has 1 saturated heterocycles. The van der Waals surface area contributed by atoms with Crippen LogP contribution in [0.5, 0.6) is 0 Å². The number of carboxylic acids is 2. The van der Waals surface area contributed by atoms with Crippen molar-refractivity contribution >= 4 is 17.8 Å². The van der Waals surface area contributed by atoms with Gasteiger partial charge in [0.15, 0.2) is 11.7 Å². The fraction of sp³-hybridized carbons (Fsp3) is 0.400. The summed E-state index contributed by atoms with van der Waals surface area (Å²) in [5.41, 5.74) is 8.18. The summed E-state index contributed by atoms with van der Waals surface area (Å²) in [6.45, 7) is 0.828. The van der Waals surface area contributed by atoms with E-state index >= 15 is 0 Å². The number of nitrogens with two attached hydrogens (primary N) is 1. The highest BCUT2D eigenvalue weighted by Crippen LogP contribution is 2.34. The Morgan fingerprint density at radius 1 is 0.900 bits per heavy atom. The average molecular weight is 733 g/mol. The molecule has 0 saturated carbocycles. The van der Waals surface area contributed by atoms with Crippen LogP contribution in [-0.2, 0) is 27.4 Å². The molecule has 276 valence electrons. The largest absolute Gasteiger partial charge is 0.490 e. The van der Waals surface area contributed by atoms with Gasteiger partial charge in [-0.2, -0.15) is 39.5 Å². The number of hydrogen-bond donors (Lipinski definition) is 4. The van der Waals surface area contributed by atoms with Gasteiger partial charge in [0.1, 0.15) is 24.0 Å². The van der Waals surface area contributed by atoms with E-state index in [1.165, 1.54) is 29.8 Å². The normalized spacial score (nSPS) is 14.2. The highest BCUT2D eigenvalue weighted by molar-refractivity contribution is 5.94. The number of halogens is 10. The Kier molecular flexibility index (Phi) is 14.7. The summed E-state index contributed by atoms with van der Waals surface area (Å²) in [6.07, 6.45) is -12.1. The standard InChI is InChI=1S/C26H28F4N4O2.2C2HF3O2/c27-21-7-5-18(6-8-21)23-22(15-35-16-26(28,29)30)33-25(36-23)20-10-13-34(14-11-20)12-9-17-1-3-19(4-2-17)24(31)32;2*3-2(4,5)1(6)7/h1-8,20H,9-16H2,(H3,31,32);2*(H,6,7). The zero-order chi connectivity index (χ0) is 37.9. The third-order valence-corrected chi connectivity index (χ3v) is 6.73. The third-order valence-electron chi connectivity index (χ3n) is 6.73. The minimum Gasteiger partial charge on any atom is -0.475 e. The second-order valence-electron chi connectivity index (χ2n) is 10.5. The predicted octanol–water partition coefficient (Wildman–Crippen LogP) is 6.53. The molecule has 50 heavy (non-hydrogen) atoms. The van der Waals surface area contributed by atoms with Gasteiger partial charge in [0.05, 0.1) is 6.61 Å². The minimum atomic E-state index is -5.08. The molecule has 5 N–H and O–H groups in total. The maximum Gasteiger partial charge on any atom is 0.490 e. The molecular weight excluding hydrogens is 702 g/mol. The number of alkyl halides is 9. The lowest BCUT2D eigenvalue weighted by Crippen LogP contribution is -2.34. The quantitative estimate of drug-likeness (QED) is 0.109. The first-order valence-corrected chi connectivity index (χ1v) is 14.2. The predicted molar refractivity (Wildman–Crippen MR) is 155 cm³/mol. The Hall–Kier alpha value is -4.72. The highest BCUT2D eigenvalue weighted by Gasteiger charge is 2.39. The van der Waals surface area contributed by atoms with E-state index in [1.807, 2.05) is 24.3 Å². The number of nitrogen functional groups attached to an aromatic ring is 1. The summed E-state index contributed by atoms with van der Waals surface area (Å²) in [5.74, 6) is -5.07. The molecule has 1 aliphatic heterocycles. The van der Waals surface area contributed by atoms with Crippen molar-refractivity contribution in [2.24, 2.45) is 5.73 Å². The first-order chi connectivity index (χ1) is 23.1. The molecular formula is C30H30F10N4O6. The van der Waals surface area contributed by atoms with E-state index in [9.17, 15) is 43.9 Å². The van der Waals surface area contributed by atoms with Crippen LogP contribution >= 0.6 is 0 Å². The van der Waals surface area contributed by atoms with Gasteiger partial charge in [-0.25, -0.2) is 19.0 Å². The molecule has 2 heterocycles. The van der Waals surface area contributed by atoms with Gasteiger partial charge in [0.2, 0.25) is 0 Å². The van der Waals surface area contributed by atoms with E-state index in [0.29, 0.717) is 22.8 Å². The number of carboxylic acid groups (broad SMARTS) is 2. The summed E-state index contributed by atoms with van der Waals surface area (Å²) in [5, 5.41) is 21.7. The zero-order valence-corrected chi connectivity index (χ0v) is 25.6. The molecule has 1 aliphatic rings. The monoisotopic (exact) mass is 732 g/mol. The highest BCUT2D eigenvalue weighted by atomic mass is 19.4. The number of ether oxygens (including phenoxy) is 1. The van der Waals surface area contributed by atoms with E-state index < -0.39 is 42.9 Å². The Labute approximate surface area is 277 Å². The van der Waals surface area contributed by atoms with Gasteiger partial charge in [-0.3, -0.25) is 5.41 Å². The Morgan fingerprint density at radius 2 is 1.40 bits per heavy atom. The van der Waals surface area contributed by atoms with Crippen molar-refractivity contribution in [3.05, 3.63) is 77.1 Å². The van der Waals surface area contributed by atoms with Gasteiger partial charge in [-0.1, -0.05) is 24.3 Å². The van der Waals surface area contributed by atoms with Crippen LogP contribution in [0.15, 0.2) is 52.9 Å². The molecule has 0 bridgehead atoms. The molecule has 0 spiro atoms. The number of hydrogen-bond acceptors (Lipinski definition) is 7. The topological polar surface area (TPSA) is 163 Å². The van der Waals surface area contributed by atoms with E-state index in [4.69, 9.17) is 40.1 Å². The molecule has 1 fully saturated rings. The maximum absolute atomic E-state index is 13.4. The number of likely N-dealkylation sites (tertiary alicyclic amines) is 1. The Balaban J connectivity index is 0.000000521. The molecule has 0 atom stereocenters. The molecule has 2 aromatic carbocycles. The van der Waals surface area contributed by atoms with Crippen molar-refractivity contribution < 1.29 is 72.9 Å². The molecule has 4 rings (SSSR count). The Bertz CT molecular complexity index is 1520. The maximum atomic E-state index is 13.4. The number of rotatable bonds is 9. The van der Waals surface area contributed by atoms with Crippen molar-refractivity contribution in [1.29, 1.82) is 5.41 Å². The SMILES string of the molecule is N=C(N)c1ccc(CCN2CCC(c3nc(COCC(F)(F)F)c(-c4ccc(F)cc4)o3)CC2)cc1.O=C(O)C(F)(F)F.O=C(O)C(F)(F)F. The van der Waals surface area contributed by atoms with Crippen LogP contribution in [-0.4, -0.2) is 82.6 Å². The zero-order valence-electron chi connectivity index (χ0n) is 25.6.